The molecule has 0 aliphatic carbocycles. The molecule has 1 heterocycles. The molecule has 1 rings (SSSR count). The molecule has 13 heavy (non-hydrogen) atoms. The molecule has 1 aromatic rings. The van der Waals surface area contributed by atoms with Crippen LogP contribution in [0.1, 0.15) is 10.4 Å². The maximum absolute atomic E-state index is 10.3. The normalized spacial score (nSPS) is 9.85. The van der Waals surface area contributed by atoms with Gasteiger partial charge in [0.05, 0.1) is 6.21 Å². The fourth-order valence-electron chi connectivity index (χ4n) is 0.682. The van der Waals surface area contributed by atoms with Gasteiger partial charge in [-0.2, -0.15) is 5.10 Å². The molecule has 0 saturated heterocycles. The van der Waals surface area contributed by atoms with Crippen LogP contribution in [0.3, 0.4) is 0 Å². The number of hydrazone groups is 1. The summed E-state index contributed by atoms with van der Waals surface area (Å²) in [5.74, 6) is 0.531. The van der Waals surface area contributed by atoms with Crippen LogP contribution in [0.5, 0.6) is 0 Å². The number of pyridine rings is 1. The average molecular weight is 176 g/mol. The van der Waals surface area contributed by atoms with E-state index in [-0.39, 0.29) is 0 Å². The van der Waals surface area contributed by atoms with Gasteiger partial charge >= 0.3 is 0 Å². The monoisotopic (exact) mass is 176 g/mol. The van der Waals surface area contributed by atoms with Crippen LogP contribution in [-0.4, -0.2) is 23.7 Å². The zero-order chi connectivity index (χ0) is 9.52. The molecular formula is C8H8N4O. The van der Waals surface area contributed by atoms with Crippen LogP contribution in [-0.2, 0) is 0 Å². The van der Waals surface area contributed by atoms with E-state index in [0.29, 0.717) is 11.4 Å². The van der Waals surface area contributed by atoms with Crippen LogP contribution in [0.2, 0.25) is 0 Å². The van der Waals surface area contributed by atoms with Crippen molar-refractivity contribution >= 4 is 24.5 Å². The standard InChI is InChI=1S/C8H8N4O/c9-3-4-11-12-8-2-1-7(6-13)5-10-8/h1-6,9H,(H,10,12)/b9-3?,11-4-. The maximum Gasteiger partial charge on any atom is 0.151 e. The molecule has 0 aliphatic heterocycles. The molecule has 0 aromatic carbocycles. The lowest BCUT2D eigenvalue weighted by Crippen LogP contribution is -1.93. The van der Waals surface area contributed by atoms with Crippen LogP contribution in [0, 0.1) is 5.41 Å². The lowest BCUT2D eigenvalue weighted by atomic mass is 10.3. The number of hydrogen-bond acceptors (Lipinski definition) is 5. The average Bonchev–Trinajstić information content (AvgIpc) is 2.19. The SMILES string of the molecule is N=C/C=N\Nc1ccc(C=O)cn1. The first kappa shape index (κ1) is 9.05. The van der Waals surface area contributed by atoms with Crippen molar-refractivity contribution in [2.75, 3.05) is 5.43 Å². The van der Waals surface area contributed by atoms with Crippen molar-refractivity contribution in [1.82, 2.24) is 4.98 Å². The van der Waals surface area contributed by atoms with Crippen molar-refractivity contribution < 1.29 is 4.79 Å². The molecule has 0 aliphatic rings. The van der Waals surface area contributed by atoms with E-state index in [9.17, 15) is 4.79 Å². The van der Waals surface area contributed by atoms with Crippen molar-refractivity contribution in [3.8, 4) is 0 Å². The molecule has 0 radical (unpaired) electrons. The number of aldehydes is 1. The molecule has 0 bridgehead atoms. The van der Waals surface area contributed by atoms with Crippen molar-refractivity contribution in [3.05, 3.63) is 23.9 Å². The van der Waals surface area contributed by atoms with Gasteiger partial charge < -0.3 is 5.41 Å². The molecule has 0 atom stereocenters. The Balaban J connectivity index is 2.63. The van der Waals surface area contributed by atoms with E-state index < -0.39 is 0 Å². The predicted octanol–water partition coefficient (Wildman–Crippen LogP) is 0.941. The van der Waals surface area contributed by atoms with E-state index in [0.717, 1.165) is 12.5 Å². The zero-order valence-electron chi connectivity index (χ0n) is 6.77. The number of rotatable bonds is 4. The van der Waals surface area contributed by atoms with Gasteiger partial charge in [0.2, 0.25) is 0 Å². The van der Waals surface area contributed by atoms with Gasteiger partial charge in [0.15, 0.2) is 6.29 Å². The number of hydrogen-bond donors (Lipinski definition) is 2. The van der Waals surface area contributed by atoms with E-state index >= 15 is 0 Å². The Morgan fingerprint density at radius 2 is 2.38 bits per heavy atom. The van der Waals surface area contributed by atoms with Crippen molar-refractivity contribution in [2.45, 2.75) is 0 Å². The highest BCUT2D eigenvalue weighted by atomic mass is 16.1. The number of nitrogens with one attached hydrogen (secondary N) is 2. The second-order valence-corrected chi connectivity index (χ2v) is 2.15. The quantitative estimate of drug-likeness (QED) is 0.407. The van der Waals surface area contributed by atoms with Gasteiger partial charge in [0, 0.05) is 18.0 Å². The van der Waals surface area contributed by atoms with Gasteiger partial charge in [-0.05, 0) is 12.1 Å². The molecule has 66 valence electrons. The highest BCUT2D eigenvalue weighted by Crippen LogP contribution is 2.02. The smallest absolute Gasteiger partial charge is 0.151 e. The Morgan fingerprint density at radius 1 is 1.54 bits per heavy atom. The zero-order valence-corrected chi connectivity index (χ0v) is 6.77. The van der Waals surface area contributed by atoms with Crippen molar-refractivity contribution in [3.63, 3.8) is 0 Å². The van der Waals surface area contributed by atoms with Gasteiger partial charge in [0.25, 0.3) is 0 Å². The van der Waals surface area contributed by atoms with Crippen LogP contribution in [0.15, 0.2) is 23.4 Å². The summed E-state index contributed by atoms with van der Waals surface area (Å²) in [6, 6.07) is 3.26. The lowest BCUT2D eigenvalue weighted by Gasteiger charge is -1.96. The third-order valence-electron chi connectivity index (χ3n) is 1.25. The number of nitrogens with zero attached hydrogens (tertiary/aromatic N) is 2. The second-order valence-electron chi connectivity index (χ2n) is 2.15. The summed E-state index contributed by atoms with van der Waals surface area (Å²) in [7, 11) is 0. The summed E-state index contributed by atoms with van der Waals surface area (Å²) in [6.07, 6.45) is 4.50. The molecule has 0 spiro atoms. The first-order valence-corrected chi connectivity index (χ1v) is 3.56. The summed E-state index contributed by atoms with van der Waals surface area (Å²) in [6.45, 7) is 0. The molecule has 0 amide bonds. The van der Waals surface area contributed by atoms with E-state index in [2.05, 4.69) is 15.5 Å². The minimum Gasteiger partial charge on any atom is -0.307 e. The number of carbonyl (C=O) groups excluding carboxylic acids is 1. The second kappa shape index (κ2) is 4.76. The largest absolute Gasteiger partial charge is 0.307 e. The maximum atomic E-state index is 10.3. The minimum absolute atomic E-state index is 0.515. The highest BCUT2D eigenvalue weighted by molar-refractivity contribution is 6.14. The molecule has 2 N–H and O–H groups in total. The Labute approximate surface area is 75.0 Å². The topological polar surface area (TPSA) is 78.2 Å². The summed E-state index contributed by atoms with van der Waals surface area (Å²) < 4.78 is 0. The number of anilines is 1. The summed E-state index contributed by atoms with van der Waals surface area (Å²) in [5, 5.41) is 10.3. The summed E-state index contributed by atoms with van der Waals surface area (Å²) in [5.41, 5.74) is 3.10. The van der Waals surface area contributed by atoms with Crippen LogP contribution >= 0.6 is 0 Å². The highest BCUT2D eigenvalue weighted by Gasteiger charge is 1.91. The van der Waals surface area contributed by atoms with E-state index in [1.807, 2.05) is 0 Å². The van der Waals surface area contributed by atoms with E-state index in [1.165, 1.54) is 12.4 Å². The lowest BCUT2D eigenvalue weighted by molar-refractivity contribution is 0.112. The third kappa shape index (κ3) is 2.82. The first-order chi connectivity index (χ1) is 6.36. The van der Waals surface area contributed by atoms with Gasteiger partial charge in [-0.15, -0.1) is 0 Å². The van der Waals surface area contributed by atoms with E-state index in [4.69, 9.17) is 5.41 Å². The number of aromatic nitrogens is 1. The third-order valence-corrected chi connectivity index (χ3v) is 1.25. The van der Waals surface area contributed by atoms with Crippen LogP contribution < -0.4 is 5.43 Å². The molecule has 0 saturated carbocycles. The first-order valence-electron chi connectivity index (χ1n) is 3.56. The predicted molar refractivity (Wildman–Crippen MR) is 50.5 cm³/mol. The minimum atomic E-state index is 0.515. The van der Waals surface area contributed by atoms with Gasteiger partial charge in [-0.1, -0.05) is 0 Å². The Kier molecular flexibility index (Phi) is 3.31. The molecule has 0 fully saturated rings. The van der Waals surface area contributed by atoms with E-state index in [1.54, 1.807) is 12.1 Å². The van der Waals surface area contributed by atoms with Gasteiger partial charge in [-0.3, -0.25) is 10.2 Å². The summed E-state index contributed by atoms with van der Waals surface area (Å²) >= 11 is 0. The Hall–Kier alpha value is -2.04. The molecule has 5 heteroatoms. The molecule has 1 aromatic heterocycles. The van der Waals surface area contributed by atoms with Crippen LogP contribution in [0.4, 0.5) is 5.82 Å². The Morgan fingerprint density at radius 3 is 2.92 bits per heavy atom. The van der Waals surface area contributed by atoms with Gasteiger partial charge in [0.1, 0.15) is 5.82 Å². The molecule has 5 nitrogen and oxygen atoms in total. The van der Waals surface area contributed by atoms with Crippen molar-refractivity contribution in [1.29, 1.82) is 5.41 Å². The summed E-state index contributed by atoms with van der Waals surface area (Å²) in [4.78, 5) is 14.1. The molecule has 0 unspecified atom stereocenters. The Bertz CT molecular complexity index is 317. The fraction of sp³-hybridized carbons (Fsp3) is 0. The number of carbonyl (C=O) groups is 1. The van der Waals surface area contributed by atoms with Crippen molar-refractivity contribution in [2.24, 2.45) is 5.10 Å². The fourth-order valence-corrected chi connectivity index (χ4v) is 0.682. The molecular weight excluding hydrogens is 168 g/mol. The van der Waals surface area contributed by atoms with Crippen LogP contribution in [0.25, 0.3) is 0 Å². The van der Waals surface area contributed by atoms with Gasteiger partial charge in [-0.25, -0.2) is 4.98 Å².